The van der Waals surface area contributed by atoms with Crippen LogP contribution in [0.15, 0.2) is 24.4 Å². The van der Waals surface area contributed by atoms with Crippen LogP contribution in [0.25, 0.3) is 0 Å². The Morgan fingerprint density at radius 3 is 2.79 bits per heavy atom. The lowest BCUT2D eigenvalue weighted by Crippen LogP contribution is -2.31. The molecule has 14 heavy (non-hydrogen) atoms. The molecule has 0 bridgehead atoms. The third-order valence-corrected chi connectivity index (χ3v) is 3.00. The zero-order valence-corrected chi connectivity index (χ0v) is 8.61. The Hall–Kier alpha value is -1.09. The molecule has 76 valence electrons. The van der Waals surface area contributed by atoms with E-state index in [1.165, 1.54) is 12.8 Å². The van der Waals surface area contributed by atoms with Crippen molar-refractivity contribution in [2.45, 2.75) is 12.8 Å². The van der Waals surface area contributed by atoms with E-state index in [9.17, 15) is 0 Å². The first-order valence-electron chi connectivity index (χ1n) is 5.08. The molecule has 0 radical (unpaired) electrons. The highest BCUT2D eigenvalue weighted by molar-refractivity contribution is 5.37. The van der Waals surface area contributed by atoms with Crippen molar-refractivity contribution in [3.05, 3.63) is 24.4 Å². The molecule has 1 saturated carbocycles. The van der Waals surface area contributed by atoms with Crippen molar-refractivity contribution in [3.63, 3.8) is 0 Å². The summed E-state index contributed by atoms with van der Waals surface area (Å²) in [6.45, 7) is 1.82. The van der Waals surface area contributed by atoms with Crippen molar-refractivity contribution >= 4 is 5.82 Å². The molecule has 2 N–H and O–H groups in total. The van der Waals surface area contributed by atoms with E-state index in [4.69, 9.17) is 5.73 Å². The summed E-state index contributed by atoms with van der Waals surface area (Å²) in [5, 5.41) is 0. The number of nitrogens with zero attached hydrogens (tertiary/aromatic N) is 2. The number of pyridine rings is 1. The first-order chi connectivity index (χ1) is 6.76. The van der Waals surface area contributed by atoms with Crippen molar-refractivity contribution in [2.75, 3.05) is 25.0 Å². The molecule has 0 amide bonds. The third kappa shape index (κ3) is 1.87. The molecule has 0 aromatic carbocycles. The summed E-state index contributed by atoms with van der Waals surface area (Å²) < 4.78 is 0. The Kier molecular flexibility index (Phi) is 2.42. The van der Waals surface area contributed by atoms with Crippen LogP contribution in [-0.2, 0) is 0 Å². The van der Waals surface area contributed by atoms with Gasteiger partial charge in [-0.1, -0.05) is 6.07 Å². The monoisotopic (exact) mass is 191 g/mol. The first-order valence-corrected chi connectivity index (χ1v) is 5.08. The topological polar surface area (TPSA) is 42.1 Å². The Morgan fingerprint density at radius 2 is 2.29 bits per heavy atom. The molecule has 0 saturated heterocycles. The molecule has 1 aliphatic rings. The molecule has 1 heterocycles. The van der Waals surface area contributed by atoms with Crippen LogP contribution in [0.3, 0.4) is 0 Å². The van der Waals surface area contributed by atoms with Gasteiger partial charge in [0.15, 0.2) is 0 Å². The van der Waals surface area contributed by atoms with Gasteiger partial charge in [-0.05, 0) is 31.5 Å². The predicted octanol–water partition coefficient (Wildman–Crippen LogP) is 1.26. The summed E-state index contributed by atoms with van der Waals surface area (Å²) in [5.41, 5.74) is 6.13. The maximum Gasteiger partial charge on any atom is 0.128 e. The highest BCUT2D eigenvalue weighted by Crippen LogP contribution is 2.45. The number of nitrogens with two attached hydrogens (primary N) is 1. The molecule has 0 spiro atoms. The first kappa shape index (κ1) is 9.46. The Morgan fingerprint density at radius 1 is 1.50 bits per heavy atom. The minimum Gasteiger partial charge on any atom is -0.359 e. The van der Waals surface area contributed by atoms with Crippen molar-refractivity contribution < 1.29 is 0 Å². The van der Waals surface area contributed by atoms with Gasteiger partial charge < -0.3 is 10.6 Å². The van der Waals surface area contributed by atoms with Gasteiger partial charge in [-0.3, -0.25) is 0 Å². The molecule has 0 unspecified atom stereocenters. The number of hydrogen-bond donors (Lipinski definition) is 1. The molecule has 1 fully saturated rings. The van der Waals surface area contributed by atoms with E-state index in [2.05, 4.69) is 16.9 Å². The van der Waals surface area contributed by atoms with Crippen LogP contribution in [-0.4, -0.2) is 25.1 Å². The molecule has 0 aliphatic heterocycles. The van der Waals surface area contributed by atoms with Crippen LogP contribution in [0.5, 0.6) is 0 Å². The summed E-state index contributed by atoms with van der Waals surface area (Å²) in [6, 6.07) is 5.99. The maximum atomic E-state index is 5.75. The minimum absolute atomic E-state index is 0.381. The van der Waals surface area contributed by atoms with Crippen LogP contribution in [0.1, 0.15) is 12.8 Å². The van der Waals surface area contributed by atoms with E-state index in [0.717, 1.165) is 18.9 Å². The summed E-state index contributed by atoms with van der Waals surface area (Å²) in [4.78, 5) is 6.50. The summed E-state index contributed by atoms with van der Waals surface area (Å²) in [5.74, 6) is 1.03. The quantitative estimate of drug-likeness (QED) is 0.779. The third-order valence-electron chi connectivity index (χ3n) is 3.00. The van der Waals surface area contributed by atoms with Gasteiger partial charge in [0.2, 0.25) is 0 Å². The smallest absolute Gasteiger partial charge is 0.128 e. The lowest BCUT2D eigenvalue weighted by atomic mass is 10.1. The van der Waals surface area contributed by atoms with Gasteiger partial charge in [-0.15, -0.1) is 0 Å². The number of aromatic nitrogens is 1. The zero-order chi connectivity index (χ0) is 10.0. The summed E-state index contributed by atoms with van der Waals surface area (Å²) in [7, 11) is 2.08. The van der Waals surface area contributed by atoms with Crippen molar-refractivity contribution in [2.24, 2.45) is 11.1 Å². The van der Waals surface area contributed by atoms with Gasteiger partial charge in [0.25, 0.3) is 0 Å². The van der Waals surface area contributed by atoms with E-state index < -0.39 is 0 Å². The van der Waals surface area contributed by atoms with Crippen LogP contribution >= 0.6 is 0 Å². The van der Waals surface area contributed by atoms with E-state index in [1.54, 1.807) is 0 Å². The van der Waals surface area contributed by atoms with E-state index in [0.29, 0.717) is 5.41 Å². The fourth-order valence-electron chi connectivity index (χ4n) is 1.77. The highest BCUT2D eigenvalue weighted by Gasteiger charge is 2.42. The lowest BCUT2D eigenvalue weighted by Gasteiger charge is -2.23. The summed E-state index contributed by atoms with van der Waals surface area (Å²) >= 11 is 0. The molecule has 1 aliphatic carbocycles. The number of anilines is 1. The summed E-state index contributed by atoms with van der Waals surface area (Å²) in [6.07, 6.45) is 4.36. The van der Waals surface area contributed by atoms with Crippen LogP contribution in [0.2, 0.25) is 0 Å². The van der Waals surface area contributed by atoms with Crippen LogP contribution in [0.4, 0.5) is 5.82 Å². The van der Waals surface area contributed by atoms with Crippen molar-refractivity contribution in [1.82, 2.24) is 4.98 Å². The minimum atomic E-state index is 0.381. The zero-order valence-electron chi connectivity index (χ0n) is 8.61. The standard InChI is InChI=1S/C11H17N3/c1-14(9-11(8-12)5-6-11)10-4-2-3-7-13-10/h2-4,7H,5-6,8-9,12H2,1H3. The second-order valence-electron chi connectivity index (χ2n) is 4.25. The molecular formula is C11H17N3. The molecule has 1 aromatic heterocycles. The molecule has 2 rings (SSSR count). The van der Waals surface area contributed by atoms with Crippen LogP contribution in [0, 0.1) is 5.41 Å². The van der Waals surface area contributed by atoms with Crippen molar-refractivity contribution in [3.8, 4) is 0 Å². The molecule has 0 atom stereocenters. The molecular weight excluding hydrogens is 174 g/mol. The fourth-order valence-corrected chi connectivity index (χ4v) is 1.77. The van der Waals surface area contributed by atoms with Gasteiger partial charge >= 0.3 is 0 Å². The SMILES string of the molecule is CN(CC1(CN)CC1)c1ccccn1. The number of rotatable bonds is 4. The van der Waals surface area contributed by atoms with Crippen LogP contribution < -0.4 is 10.6 Å². The number of hydrogen-bond acceptors (Lipinski definition) is 3. The highest BCUT2D eigenvalue weighted by atomic mass is 15.2. The van der Waals surface area contributed by atoms with Gasteiger partial charge in [0.1, 0.15) is 5.82 Å². The van der Waals surface area contributed by atoms with Gasteiger partial charge in [0, 0.05) is 25.2 Å². The fraction of sp³-hybridized carbons (Fsp3) is 0.545. The van der Waals surface area contributed by atoms with Gasteiger partial charge in [-0.2, -0.15) is 0 Å². The Labute approximate surface area is 84.9 Å². The van der Waals surface area contributed by atoms with Gasteiger partial charge in [0.05, 0.1) is 0 Å². The average Bonchev–Trinajstić information content (AvgIpc) is 3.00. The van der Waals surface area contributed by atoms with Crippen molar-refractivity contribution in [1.29, 1.82) is 0 Å². The molecule has 3 nitrogen and oxygen atoms in total. The second kappa shape index (κ2) is 3.58. The Bertz CT molecular complexity index is 293. The van der Waals surface area contributed by atoms with E-state index in [1.807, 2.05) is 24.4 Å². The van der Waals surface area contributed by atoms with E-state index in [-0.39, 0.29) is 0 Å². The predicted molar refractivity (Wildman–Crippen MR) is 58.2 cm³/mol. The van der Waals surface area contributed by atoms with E-state index >= 15 is 0 Å². The normalized spacial score (nSPS) is 17.9. The largest absolute Gasteiger partial charge is 0.359 e. The Balaban J connectivity index is 1.99. The maximum absolute atomic E-state index is 5.75. The second-order valence-corrected chi connectivity index (χ2v) is 4.25. The molecule has 1 aromatic rings. The van der Waals surface area contributed by atoms with Gasteiger partial charge in [-0.25, -0.2) is 4.98 Å². The molecule has 3 heteroatoms. The average molecular weight is 191 g/mol. The lowest BCUT2D eigenvalue weighted by molar-refractivity contribution is 0.521.